The van der Waals surface area contributed by atoms with Crippen molar-refractivity contribution in [1.29, 1.82) is 0 Å². The number of amides is 2. The molecule has 44 heavy (non-hydrogen) atoms. The number of benzene rings is 1. The summed E-state index contributed by atoms with van der Waals surface area (Å²) in [7, 11) is 0. The van der Waals surface area contributed by atoms with Gasteiger partial charge in [0.15, 0.2) is 5.82 Å². The Labute approximate surface area is 258 Å². The van der Waals surface area contributed by atoms with Gasteiger partial charge in [-0.25, -0.2) is 18.7 Å². The number of nitrogens with one attached hydrogen (secondary N) is 1. The highest BCUT2D eigenvalue weighted by atomic mass is 19.1. The number of carbonyl (C=O) groups excluding carboxylic acids is 2. The average molecular weight is 608 g/mol. The molecular weight excluding hydrogens is 564 g/mol. The number of likely N-dealkylation sites (tertiary alicyclic amines) is 1. The van der Waals surface area contributed by atoms with E-state index in [0.29, 0.717) is 49.9 Å². The zero-order valence-corrected chi connectivity index (χ0v) is 25.8. The van der Waals surface area contributed by atoms with Gasteiger partial charge in [-0.05, 0) is 64.2 Å². The molecule has 236 valence electrons. The maximum Gasteiger partial charge on any atom is 0.256 e. The van der Waals surface area contributed by atoms with Crippen LogP contribution in [0.5, 0.6) is 0 Å². The van der Waals surface area contributed by atoms with Crippen LogP contribution in [0.1, 0.15) is 63.2 Å². The maximum atomic E-state index is 15.4. The molecule has 2 saturated carbocycles. The van der Waals surface area contributed by atoms with Crippen LogP contribution < -0.4 is 15.1 Å². The normalized spacial score (nSPS) is 29.5. The summed E-state index contributed by atoms with van der Waals surface area (Å²) in [6.45, 7) is 8.68. The first-order chi connectivity index (χ1) is 21.2. The van der Waals surface area contributed by atoms with Crippen molar-refractivity contribution < 1.29 is 18.4 Å². The van der Waals surface area contributed by atoms with Gasteiger partial charge in [0, 0.05) is 62.7 Å². The molecule has 1 N–H and O–H groups in total. The standard InChI is InChI=1S/C33H43F2N7O2/c1-4-40(19(2)3)32(43)24-14-21(34)7-8-27(24)42-12-11-41(31-28(42)16-36-18-37-31)22-9-10-39(17-22)33(44)30-25-15-26(38-30)23(29(25)35)13-20-5-6-20/h7-8,14,16,18-20,22-23,25-26,29-30,38H,4-6,9-13,15,17H2,1-3H3/t22-,23-,25?,26?,29-,30+/m1/s1. The number of hydrogen-bond donors (Lipinski definition) is 1. The molecule has 7 rings (SSSR count). The van der Waals surface area contributed by atoms with E-state index in [-0.39, 0.29) is 41.8 Å². The predicted octanol–water partition coefficient (Wildman–Crippen LogP) is 4.16. The van der Waals surface area contributed by atoms with E-state index in [2.05, 4.69) is 20.2 Å². The number of alkyl halides is 1. The lowest BCUT2D eigenvalue weighted by atomic mass is 9.88. The minimum absolute atomic E-state index is 0.0224. The van der Waals surface area contributed by atoms with Gasteiger partial charge < -0.3 is 24.9 Å². The Morgan fingerprint density at radius 2 is 1.95 bits per heavy atom. The van der Waals surface area contributed by atoms with Gasteiger partial charge in [-0.2, -0.15) is 0 Å². The van der Waals surface area contributed by atoms with Crippen LogP contribution in [0.25, 0.3) is 0 Å². The molecule has 1 aromatic heterocycles. The van der Waals surface area contributed by atoms with E-state index in [1.165, 1.54) is 31.3 Å². The minimum Gasteiger partial charge on any atom is -0.348 e. The van der Waals surface area contributed by atoms with E-state index >= 15 is 4.39 Å². The third-order valence-corrected chi connectivity index (χ3v) is 10.7. The van der Waals surface area contributed by atoms with E-state index in [0.717, 1.165) is 30.8 Å². The lowest BCUT2D eigenvalue weighted by Crippen LogP contribution is -2.55. The smallest absolute Gasteiger partial charge is 0.256 e. The molecule has 1 aromatic carbocycles. The van der Waals surface area contributed by atoms with Crippen LogP contribution in [-0.4, -0.2) is 94.6 Å². The molecule has 6 atom stereocenters. The summed E-state index contributed by atoms with van der Waals surface area (Å²) in [4.78, 5) is 44.1. The number of anilines is 3. The van der Waals surface area contributed by atoms with Crippen LogP contribution in [-0.2, 0) is 4.79 Å². The van der Waals surface area contributed by atoms with Crippen molar-refractivity contribution in [3.63, 3.8) is 0 Å². The summed E-state index contributed by atoms with van der Waals surface area (Å²) in [5.41, 5.74) is 1.68. The summed E-state index contributed by atoms with van der Waals surface area (Å²) in [6.07, 6.45) is 7.32. The highest BCUT2D eigenvalue weighted by molar-refractivity contribution is 6.01. The van der Waals surface area contributed by atoms with Gasteiger partial charge in [-0.3, -0.25) is 9.59 Å². The number of fused-ring (bicyclic) bond motifs is 3. The second-order valence-electron chi connectivity index (χ2n) is 13.6. The Kier molecular flexibility index (Phi) is 7.71. The molecule has 4 fully saturated rings. The molecule has 2 unspecified atom stereocenters. The third-order valence-electron chi connectivity index (χ3n) is 10.7. The predicted molar refractivity (Wildman–Crippen MR) is 164 cm³/mol. The van der Waals surface area contributed by atoms with Gasteiger partial charge in [0.1, 0.15) is 24.0 Å². The Morgan fingerprint density at radius 3 is 2.68 bits per heavy atom. The largest absolute Gasteiger partial charge is 0.348 e. The molecule has 2 bridgehead atoms. The minimum atomic E-state index is -0.890. The fraction of sp³-hybridized carbons (Fsp3) is 0.636. The average Bonchev–Trinajstić information content (AvgIpc) is 3.40. The van der Waals surface area contributed by atoms with Crippen molar-refractivity contribution in [2.45, 2.75) is 83.2 Å². The molecule has 2 saturated heterocycles. The van der Waals surface area contributed by atoms with Gasteiger partial charge in [0.2, 0.25) is 5.91 Å². The molecule has 2 aromatic rings. The van der Waals surface area contributed by atoms with Crippen LogP contribution in [0.2, 0.25) is 0 Å². The number of aromatic nitrogens is 2. The fourth-order valence-corrected chi connectivity index (χ4v) is 8.26. The zero-order chi connectivity index (χ0) is 30.7. The van der Waals surface area contributed by atoms with Crippen molar-refractivity contribution >= 4 is 29.0 Å². The Bertz CT molecular complexity index is 1420. The van der Waals surface area contributed by atoms with E-state index in [1.807, 2.05) is 30.6 Å². The maximum absolute atomic E-state index is 15.4. The second-order valence-corrected chi connectivity index (χ2v) is 13.6. The number of nitrogens with zero attached hydrogens (tertiary/aromatic N) is 6. The summed E-state index contributed by atoms with van der Waals surface area (Å²) in [5, 5.41) is 3.52. The van der Waals surface area contributed by atoms with E-state index in [9.17, 15) is 14.0 Å². The van der Waals surface area contributed by atoms with Gasteiger partial charge in [0.05, 0.1) is 23.5 Å². The van der Waals surface area contributed by atoms with Crippen LogP contribution >= 0.6 is 0 Å². The third kappa shape index (κ3) is 5.10. The summed E-state index contributed by atoms with van der Waals surface area (Å²) < 4.78 is 29.9. The summed E-state index contributed by atoms with van der Waals surface area (Å²) >= 11 is 0. The quantitative estimate of drug-likeness (QED) is 0.483. The first-order valence-corrected chi connectivity index (χ1v) is 16.4. The first-order valence-electron chi connectivity index (χ1n) is 16.4. The number of piperidine rings is 1. The monoisotopic (exact) mass is 607 g/mol. The van der Waals surface area contributed by atoms with Crippen LogP contribution in [0.4, 0.5) is 26.0 Å². The number of carbonyl (C=O) groups is 2. The van der Waals surface area contributed by atoms with Crippen molar-refractivity contribution in [2.24, 2.45) is 17.8 Å². The van der Waals surface area contributed by atoms with Crippen molar-refractivity contribution in [3.8, 4) is 0 Å². The number of hydrogen-bond acceptors (Lipinski definition) is 7. The van der Waals surface area contributed by atoms with Crippen LogP contribution in [0.15, 0.2) is 30.7 Å². The SMILES string of the molecule is CCN(C(=O)c1cc(F)ccc1N1CCN([C@@H]2CCN(C(=O)[C@H]3NC4CC3[C@H](F)[C@@H]4CC3CC3)C2)c2ncncc21)C(C)C. The molecular formula is C33H43F2N7O2. The fourth-order valence-electron chi connectivity index (χ4n) is 8.26. The van der Waals surface area contributed by atoms with E-state index in [1.54, 1.807) is 17.2 Å². The molecule has 5 aliphatic rings. The van der Waals surface area contributed by atoms with Crippen molar-refractivity contribution in [2.75, 3.05) is 42.5 Å². The molecule has 0 spiro atoms. The van der Waals surface area contributed by atoms with Gasteiger partial charge in [-0.1, -0.05) is 12.8 Å². The summed E-state index contributed by atoms with van der Waals surface area (Å²) in [6, 6.07) is 4.08. The summed E-state index contributed by atoms with van der Waals surface area (Å²) in [5.74, 6) is 0.594. The molecule has 3 aliphatic heterocycles. The number of halogens is 2. The number of rotatable bonds is 8. The second kappa shape index (κ2) is 11.5. The Morgan fingerprint density at radius 1 is 1.14 bits per heavy atom. The van der Waals surface area contributed by atoms with Gasteiger partial charge in [0.25, 0.3) is 5.91 Å². The molecule has 4 heterocycles. The van der Waals surface area contributed by atoms with Crippen molar-refractivity contribution in [1.82, 2.24) is 25.1 Å². The van der Waals surface area contributed by atoms with E-state index in [4.69, 9.17) is 0 Å². The van der Waals surface area contributed by atoms with Gasteiger partial charge in [-0.15, -0.1) is 0 Å². The Balaban J connectivity index is 1.08. The molecule has 2 amide bonds. The molecule has 0 radical (unpaired) electrons. The zero-order valence-electron chi connectivity index (χ0n) is 25.8. The highest BCUT2D eigenvalue weighted by Crippen LogP contribution is 2.49. The van der Waals surface area contributed by atoms with Crippen LogP contribution in [0, 0.1) is 23.6 Å². The van der Waals surface area contributed by atoms with Crippen molar-refractivity contribution in [3.05, 3.63) is 42.1 Å². The lowest BCUT2D eigenvalue weighted by molar-refractivity contribution is -0.134. The Hall–Kier alpha value is -3.34. The van der Waals surface area contributed by atoms with E-state index < -0.39 is 18.0 Å². The molecule has 2 aliphatic carbocycles. The lowest BCUT2D eigenvalue weighted by Gasteiger charge is -2.41. The highest BCUT2D eigenvalue weighted by Gasteiger charge is 2.56. The van der Waals surface area contributed by atoms with Gasteiger partial charge >= 0.3 is 0 Å². The molecule has 9 nitrogen and oxygen atoms in total. The first kappa shape index (κ1) is 29.4. The molecule has 11 heteroatoms. The topological polar surface area (TPSA) is 84.9 Å². The van der Waals surface area contributed by atoms with Crippen LogP contribution in [0.3, 0.4) is 0 Å².